The van der Waals surface area contributed by atoms with Crippen molar-refractivity contribution in [2.75, 3.05) is 19.3 Å². The highest BCUT2D eigenvalue weighted by Gasteiger charge is 2.35. The van der Waals surface area contributed by atoms with Crippen molar-refractivity contribution < 1.29 is 16.8 Å². The summed E-state index contributed by atoms with van der Waals surface area (Å²) in [6.07, 6.45) is 2.60. The van der Waals surface area contributed by atoms with E-state index in [9.17, 15) is 16.8 Å². The van der Waals surface area contributed by atoms with E-state index in [-0.39, 0.29) is 26.9 Å². The minimum atomic E-state index is -3.68. The molecule has 0 aliphatic carbocycles. The van der Waals surface area contributed by atoms with Crippen LogP contribution in [0.1, 0.15) is 12.8 Å². The second kappa shape index (κ2) is 5.96. The highest BCUT2D eigenvalue weighted by Crippen LogP contribution is 2.31. The van der Waals surface area contributed by atoms with Gasteiger partial charge in [0.05, 0.1) is 9.79 Å². The molecule has 2 N–H and O–H groups in total. The number of nitrogens with two attached hydrogens (primary N) is 1. The summed E-state index contributed by atoms with van der Waals surface area (Å²) in [7, 11) is -7.06. The Hall–Kier alpha value is -0.480. The van der Waals surface area contributed by atoms with Crippen molar-refractivity contribution in [2.24, 2.45) is 5.73 Å². The lowest BCUT2D eigenvalue weighted by atomic mass is 10.2. The molecule has 0 radical (unpaired) electrons. The van der Waals surface area contributed by atoms with E-state index in [2.05, 4.69) is 15.9 Å². The summed E-state index contributed by atoms with van der Waals surface area (Å²) in [6, 6.07) is 3.74. The van der Waals surface area contributed by atoms with Crippen molar-refractivity contribution in [3.05, 3.63) is 22.7 Å². The van der Waals surface area contributed by atoms with E-state index in [0.717, 1.165) is 19.1 Å². The SMILES string of the molecule is CS(=O)(=O)c1ccc(S(=O)(=O)N2CCCC2CN)c(Br)c1. The molecule has 1 aliphatic heterocycles. The molecule has 0 spiro atoms. The van der Waals surface area contributed by atoms with Gasteiger partial charge in [0.15, 0.2) is 9.84 Å². The second-order valence-corrected chi connectivity index (χ2v) is 9.74. The Kier molecular flexibility index (Phi) is 4.79. The van der Waals surface area contributed by atoms with Crippen molar-refractivity contribution in [1.29, 1.82) is 0 Å². The first-order valence-corrected chi connectivity index (χ1v) is 10.5. The molecule has 1 saturated heterocycles. The van der Waals surface area contributed by atoms with Crippen molar-refractivity contribution in [2.45, 2.75) is 28.7 Å². The van der Waals surface area contributed by atoms with Gasteiger partial charge in [-0.15, -0.1) is 0 Å². The maximum absolute atomic E-state index is 12.7. The summed E-state index contributed by atoms with van der Waals surface area (Å²) in [4.78, 5) is 0.139. The first-order valence-electron chi connectivity index (χ1n) is 6.39. The van der Waals surface area contributed by atoms with Gasteiger partial charge in [-0.3, -0.25) is 0 Å². The maximum Gasteiger partial charge on any atom is 0.244 e. The number of rotatable bonds is 4. The molecule has 1 aromatic rings. The molecular weight excluding hydrogens is 380 g/mol. The van der Waals surface area contributed by atoms with Gasteiger partial charge in [0, 0.05) is 29.9 Å². The summed E-state index contributed by atoms with van der Waals surface area (Å²) in [5.74, 6) is 0. The highest BCUT2D eigenvalue weighted by molar-refractivity contribution is 9.10. The molecule has 1 fully saturated rings. The van der Waals surface area contributed by atoms with Crippen LogP contribution in [0.4, 0.5) is 0 Å². The van der Waals surface area contributed by atoms with Crippen LogP contribution in [-0.4, -0.2) is 46.5 Å². The summed E-state index contributed by atoms with van der Waals surface area (Å²) in [5, 5.41) is 0. The highest BCUT2D eigenvalue weighted by atomic mass is 79.9. The summed E-state index contributed by atoms with van der Waals surface area (Å²) in [5.41, 5.74) is 5.62. The molecule has 0 saturated carbocycles. The fraction of sp³-hybridized carbons (Fsp3) is 0.500. The fourth-order valence-electron chi connectivity index (χ4n) is 2.41. The monoisotopic (exact) mass is 396 g/mol. The average Bonchev–Trinajstić information content (AvgIpc) is 2.86. The molecule has 1 aromatic carbocycles. The van der Waals surface area contributed by atoms with Crippen LogP contribution in [-0.2, 0) is 19.9 Å². The molecule has 118 valence electrons. The van der Waals surface area contributed by atoms with E-state index in [1.165, 1.54) is 22.5 Å². The second-order valence-electron chi connectivity index (χ2n) is 5.01. The van der Waals surface area contributed by atoms with Crippen LogP contribution in [0.15, 0.2) is 32.5 Å². The number of sulfone groups is 1. The van der Waals surface area contributed by atoms with E-state index < -0.39 is 19.9 Å². The van der Waals surface area contributed by atoms with E-state index in [0.29, 0.717) is 6.54 Å². The quantitative estimate of drug-likeness (QED) is 0.817. The predicted octanol–water partition coefficient (Wildman–Crippen LogP) is 0.964. The van der Waals surface area contributed by atoms with E-state index >= 15 is 0 Å². The van der Waals surface area contributed by atoms with Crippen LogP contribution < -0.4 is 5.73 Å². The van der Waals surface area contributed by atoms with E-state index in [1.807, 2.05) is 0 Å². The molecule has 21 heavy (non-hydrogen) atoms. The lowest BCUT2D eigenvalue weighted by molar-refractivity contribution is 0.393. The van der Waals surface area contributed by atoms with Crippen LogP contribution in [0, 0.1) is 0 Å². The van der Waals surface area contributed by atoms with Gasteiger partial charge in [-0.1, -0.05) is 0 Å². The molecule has 0 bridgehead atoms. The summed E-state index contributed by atoms with van der Waals surface area (Å²) in [6.45, 7) is 0.711. The zero-order valence-corrected chi connectivity index (χ0v) is 14.7. The van der Waals surface area contributed by atoms with Crippen molar-refractivity contribution in [1.82, 2.24) is 4.31 Å². The molecule has 1 unspecified atom stereocenters. The third-order valence-electron chi connectivity index (χ3n) is 3.51. The lowest BCUT2D eigenvalue weighted by Crippen LogP contribution is -2.39. The summed E-state index contributed by atoms with van der Waals surface area (Å²) >= 11 is 3.16. The number of nitrogens with zero attached hydrogens (tertiary/aromatic N) is 1. The van der Waals surface area contributed by atoms with E-state index in [1.54, 1.807) is 0 Å². The third kappa shape index (κ3) is 3.31. The van der Waals surface area contributed by atoms with Crippen LogP contribution in [0.3, 0.4) is 0 Å². The minimum absolute atomic E-state index is 0.0650. The Bertz CT molecular complexity index is 747. The maximum atomic E-state index is 12.7. The zero-order valence-electron chi connectivity index (χ0n) is 11.5. The summed E-state index contributed by atoms with van der Waals surface area (Å²) < 4.78 is 50.0. The molecule has 6 nitrogen and oxygen atoms in total. The third-order valence-corrected chi connectivity index (χ3v) is 7.55. The van der Waals surface area contributed by atoms with Crippen LogP contribution in [0.2, 0.25) is 0 Å². The lowest BCUT2D eigenvalue weighted by Gasteiger charge is -2.23. The molecule has 2 rings (SSSR count). The van der Waals surface area contributed by atoms with Crippen LogP contribution >= 0.6 is 15.9 Å². The first kappa shape index (κ1) is 16.9. The number of hydrogen-bond acceptors (Lipinski definition) is 5. The minimum Gasteiger partial charge on any atom is -0.329 e. The smallest absolute Gasteiger partial charge is 0.244 e. The van der Waals surface area contributed by atoms with Gasteiger partial charge < -0.3 is 5.73 Å². The molecule has 1 atom stereocenters. The number of sulfonamides is 1. The molecule has 0 amide bonds. The van der Waals surface area contributed by atoms with Gasteiger partial charge in [0.1, 0.15) is 0 Å². The predicted molar refractivity (Wildman–Crippen MR) is 83.2 cm³/mol. The van der Waals surface area contributed by atoms with Gasteiger partial charge in [-0.2, -0.15) is 4.31 Å². The average molecular weight is 397 g/mol. The molecule has 9 heteroatoms. The van der Waals surface area contributed by atoms with Crippen LogP contribution in [0.5, 0.6) is 0 Å². The Morgan fingerprint density at radius 2 is 2.00 bits per heavy atom. The Balaban J connectivity index is 2.46. The molecule has 1 aliphatic rings. The number of benzene rings is 1. The molecule has 1 heterocycles. The Labute approximate surface area is 133 Å². The zero-order chi connectivity index (χ0) is 15.8. The topological polar surface area (TPSA) is 97.5 Å². The van der Waals surface area contributed by atoms with Crippen molar-refractivity contribution >= 4 is 35.8 Å². The van der Waals surface area contributed by atoms with Gasteiger partial charge in [0.25, 0.3) is 0 Å². The standard InChI is InChI=1S/C12H17BrN2O4S2/c1-20(16,17)10-4-5-12(11(13)7-10)21(18,19)15-6-2-3-9(15)8-14/h4-5,7,9H,2-3,6,8,14H2,1H3. The fourth-order valence-corrected chi connectivity index (χ4v) is 5.95. The largest absolute Gasteiger partial charge is 0.329 e. The van der Waals surface area contributed by atoms with Crippen LogP contribution in [0.25, 0.3) is 0 Å². The Morgan fingerprint density at radius 1 is 1.33 bits per heavy atom. The Morgan fingerprint density at radius 3 is 2.52 bits per heavy atom. The van der Waals surface area contributed by atoms with Crippen molar-refractivity contribution in [3.8, 4) is 0 Å². The number of hydrogen-bond donors (Lipinski definition) is 1. The van der Waals surface area contributed by atoms with Gasteiger partial charge in [-0.25, -0.2) is 16.8 Å². The first-order chi connectivity index (χ1) is 9.67. The van der Waals surface area contributed by atoms with Gasteiger partial charge in [0.2, 0.25) is 10.0 Å². The molecule has 0 aromatic heterocycles. The molecular formula is C12H17BrN2O4S2. The number of halogens is 1. The van der Waals surface area contributed by atoms with Gasteiger partial charge >= 0.3 is 0 Å². The normalized spacial score (nSPS) is 20.8. The van der Waals surface area contributed by atoms with Gasteiger partial charge in [-0.05, 0) is 47.0 Å². The van der Waals surface area contributed by atoms with E-state index in [4.69, 9.17) is 5.73 Å². The van der Waals surface area contributed by atoms with Crippen molar-refractivity contribution in [3.63, 3.8) is 0 Å².